The van der Waals surface area contributed by atoms with Gasteiger partial charge in [-0.1, -0.05) is 30.7 Å². The quantitative estimate of drug-likeness (QED) is 0.804. The van der Waals surface area contributed by atoms with Crippen molar-refractivity contribution in [3.05, 3.63) is 53.2 Å². The molecule has 1 aliphatic heterocycles. The summed E-state index contributed by atoms with van der Waals surface area (Å²) in [5, 5.41) is 0.529. The third kappa shape index (κ3) is 4.28. The van der Waals surface area contributed by atoms with Crippen LogP contribution in [0.5, 0.6) is 5.75 Å². The summed E-state index contributed by atoms with van der Waals surface area (Å²) in [7, 11) is 0. The number of carbonyl (C=O) groups excluding carboxylic acids is 1. The van der Waals surface area contributed by atoms with Gasteiger partial charge in [0.2, 0.25) is 0 Å². The minimum Gasteiger partial charge on any atom is -0.479 e. The van der Waals surface area contributed by atoms with Gasteiger partial charge in [-0.15, -0.1) is 0 Å². The van der Waals surface area contributed by atoms with Gasteiger partial charge in [0.25, 0.3) is 5.91 Å². The Hall–Kier alpha value is -2.27. The van der Waals surface area contributed by atoms with Crippen molar-refractivity contribution in [2.24, 2.45) is 0 Å². The smallest absolute Gasteiger partial charge is 0.263 e. The minimum atomic E-state index is -0.518. The SMILES string of the molecule is CC[C@H](Oc1cc(C)ccc1Cl)C(=O)N1CCN(c2ccccn2)CC1. The summed E-state index contributed by atoms with van der Waals surface area (Å²) < 4.78 is 5.95. The molecule has 138 valence electrons. The van der Waals surface area contributed by atoms with Crippen LogP contribution in [-0.4, -0.2) is 48.1 Å². The Labute approximate surface area is 159 Å². The second-order valence-corrected chi connectivity index (χ2v) is 6.86. The van der Waals surface area contributed by atoms with Gasteiger partial charge in [-0.05, 0) is 43.2 Å². The number of nitrogens with zero attached hydrogens (tertiary/aromatic N) is 3. The van der Waals surface area contributed by atoms with Gasteiger partial charge >= 0.3 is 0 Å². The van der Waals surface area contributed by atoms with E-state index in [-0.39, 0.29) is 5.91 Å². The first-order chi connectivity index (χ1) is 12.6. The molecule has 1 aromatic heterocycles. The van der Waals surface area contributed by atoms with E-state index in [0.717, 1.165) is 24.5 Å². The lowest BCUT2D eigenvalue weighted by Gasteiger charge is -2.36. The molecular formula is C20H24ClN3O2. The maximum atomic E-state index is 12.9. The topological polar surface area (TPSA) is 45.7 Å². The standard InChI is InChI=1S/C20H24ClN3O2/c1-3-17(26-18-14-15(2)7-8-16(18)21)20(25)24-12-10-23(11-13-24)19-6-4-5-9-22-19/h4-9,14,17H,3,10-13H2,1-2H3/t17-/m0/s1. The summed E-state index contributed by atoms with van der Waals surface area (Å²) in [5.74, 6) is 1.54. The first kappa shape index (κ1) is 18.5. The van der Waals surface area contributed by atoms with E-state index in [0.29, 0.717) is 30.3 Å². The first-order valence-corrected chi connectivity index (χ1v) is 9.34. The molecule has 0 spiro atoms. The number of ether oxygens (including phenoxy) is 1. The van der Waals surface area contributed by atoms with E-state index in [9.17, 15) is 4.79 Å². The van der Waals surface area contributed by atoms with E-state index in [1.165, 1.54) is 0 Å². The average molecular weight is 374 g/mol. The zero-order valence-electron chi connectivity index (χ0n) is 15.2. The molecule has 1 amide bonds. The summed E-state index contributed by atoms with van der Waals surface area (Å²) in [5.41, 5.74) is 1.05. The lowest BCUT2D eigenvalue weighted by Crippen LogP contribution is -2.52. The van der Waals surface area contributed by atoms with E-state index in [2.05, 4.69) is 9.88 Å². The second kappa shape index (κ2) is 8.41. The Morgan fingerprint density at radius 2 is 2.00 bits per heavy atom. The van der Waals surface area contributed by atoms with Crippen molar-refractivity contribution in [3.63, 3.8) is 0 Å². The van der Waals surface area contributed by atoms with Crippen LogP contribution in [0.2, 0.25) is 5.02 Å². The molecule has 1 aromatic carbocycles. The van der Waals surface area contributed by atoms with Gasteiger partial charge in [-0.3, -0.25) is 4.79 Å². The third-order valence-electron chi connectivity index (χ3n) is 4.57. The summed E-state index contributed by atoms with van der Waals surface area (Å²) in [4.78, 5) is 21.3. The number of carbonyl (C=O) groups is 1. The Morgan fingerprint density at radius 3 is 2.65 bits per heavy atom. The normalized spacial score (nSPS) is 15.7. The predicted molar refractivity (Wildman–Crippen MR) is 104 cm³/mol. The largest absolute Gasteiger partial charge is 0.479 e. The molecule has 0 unspecified atom stereocenters. The third-order valence-corrected chi connectivity index (χ3v) is 4.88. The highest BCUT2D eigenvalue weighted by molar-refractivity contribution is 6.32. The highest BCUT2D eigenvalue weighted by Crippen LogP contribution is 2.27. The fourth-order valence-corrected chi connectivity index (χ4v) is 3.22. The van der Waals surface area contributed by atoms with Crippen molar-refractivity contribution in [2.45, 2.75) is 26.4 Å². The number of amides is 1. The van der Waals surface area contributed by atoms with E-state index < -0.39 is 6.10 Å². The highest BCUT2D eigenvalue weighted by atomic mass is 35.5. The lowest BCUT2D eigenvalue weighted by molar-refractivity contribution is -0.139. The molecule has 0 radical (unpaired) electrons. The van der Waals surface area contributed by atoms with Gasteiger partial charge in [-0.25, -0.2) is 4.98 Å². The number of anilines is 1. The van der Waals surface area contributed by atoms with Crippen LogP contribution in [-0.2, 0) is 4.79 Å². The zero-order chi connectivity index (χ0) is 18.5. The molecule has 0 N–H and O–H groups in total. The zero-order valence-corrected chi connectivity index (χ0v) is 15.9. The van der Waals surface area contributed by atoms with Crippen molar-refractivity contribution in [1.29, 1.82) is 0 Å². The summed E-state index contributed by atoms with van der Waals surface area (Å²) in [6, 6.07) is 11.5. The molecule has 1 aliphatic rings. The number of rotatable bonds is 5. The number of aromatic nitrogens is 1. The molecule has 0 saturated carbocycles. The number of benzene rings is 1. The summed E-state index contributed by atoms with van der Waals surface area (Å²) in [6.45, 7) is 6.79. The van der Waals surface area contributed by atoms with Crippen molar-refractivity contribution in [2.75, 3.05) is 31.1 Å². The lowest BCUT2D eigenvalue weighted by atomic mass is 10.2. The van der Waals surface area contributed by atoms with Gasteiger partial charge < -0.3 is 14.5 Å². The van der Waals surface area contributed by atoms with Crippen LogP contribution < -0.4 is 9.64 Å². The molecule has 1 fully saturated rings. The molecule has 3 rings (SSSR count). The van der Waals surface area contributed by atoms with Gasteiger partial charge in [0, 0.05) is 32.4 Å². The number of piperazine rings is 1. The highest BCUT2D eigenvalue weighted by Gasteiger charge is 2.28. The molecule has 6 heteroatoms. The monoisotopic (exact) mass is 373 g/mol. The summed E-state index contributed by atoms with van der Waals surface area (Å²) in [6.07, 6.45) is 1.87. The van der Waals surface area contributed by atoms with E-state index in [1.54, 1.807) is 12.3 Å². The van der Waals surface area contributed by atoms with Crippen molar-refractivity contribution in [3.8, 4) is 5.75 Å². The fourth-order valence-electron chi connectivity index (χ4n) is 3.06. The van der Waals surface area contributed by atoms with Crippen LogP contribution in [0.3, 0.4) is 0 Å². The Morgan fingerprint density at radius 1 is 1.23 bits per heavy atom. The molecule has 1 atom stereocenters. The van der Waals surface area contributed by atoms with Gasteiger partial charge in [0.1, 0.15) is 11.6 Å². The molecule has 5 nitrogen and oxygen atoms in total. The van der Waals surface area contributed by atoms with E-state index in [4.69, 9.17) is 16.3 Å². The van der Waals surface area contributed by atoms with Gasteiger partial charge in [-0.2, -0.15) is 0 Å². The first-order valence-electron chi connectivity index (χ1n) is 8.96. The van der Waals surface area contributed by atoms with Crippen molar-refractivity contribution < 1.29 is 9.53 Å². The summed E-state index contributed by atoms with van der Waals surface area (Å²) >= 11 is 6.21. The molecule has 2 heterocycles. The van der Waals surface area contributed by atoms with Gasteiger partial charge in [0.05, 0.1) is 5.02 Å². The van der Waals surface area contributed by atoms with Crippen molar-refractivity contribution in [1.82, 2.24) is 9.88 Å². The second-order valence-electron chi connectivity index (χ2n) is 6.45. The average Bonchev–Trinajstić information content (AvgIpc) is 2.69. The predicted octanol–water partition coefficient (Wildman–Crippen LogP) is 3.55. The Bertz CT molecular complexity index is 746. The van der Waals surface area contributed by atoms with Crippen LogP contribution in [0.15, 0.2) is 42.6 Å². The minimum absolute atomic E-state index is 0.0192. The number of halogens is 1. The molecule has 0 aliphatic carbocycles. The molecule has 1 saturated heterocycles. The van der Waals surface area contributed by atoms with Crippen molar-refractivity contribution >= 4 is 23.3 Å². The Kier molecular flexibility index (Phi) is 5.99. The number of pyridine rings is 1. The van der Waals surface area contributed by atoms with Crippen LogP contribution in [0.25, 0.3) is 0 Å². The van der Waals surface area contributed by atoms with E-state index in [1.807, 2.05) is 49.1 Å². The van der Waals surface area contributed by atoms with Crippen LogP contribution in [0, 0.1) is 6.92 Å². The fraction of sp³-hybridized carbons (Fsp3) is 0.400. The molecule has 2 aromatic rings. The molecule has 0 bridgehead atoms. The van der Waals surface area contributed by atoms with Crippen LogP contribution >= 0.6 is 11.6 Å². The molecule has 26 heavy (non-hydrogen) atoms. The van der Waals surface area contributed by atoms with Gasteiger partial charge in [0.15, 0.2) is 6.10 Å². The number of hydrogen-bond acceptors (Lipinski definition) is 4. The van der Waals surface area contributed by atoms with E-state index >= 15 is 0 Å². The molecular weight excluding hydrogens is 350 g/mol. The maximum absolute atomic E-state index is 12.9. The number of hydrogen-bond donors (Lipinski definition) is 0. The van der Waals surface area contributed by atoms with Crippen LogP contribution in [0.4, 0.5) is 5.82 Å². The number of aryl methyl sites for hydroxylation is 1. The van der Waals surface area contributed by atoms with Crippen LogP contribution in [0.1, 0.15) is 18.9 Å². The Balaban J connectivity index is 1.62. The maximum Gasteiger partial charge on any atom is 0.263 e.